The third kappa shape index (κ3) is 7.16. The van der Waals surface area contributed by atoms with Gasteiger partial charge in [0.15, 0.2) is 18.1 Å². The number of nitrogens with one attached hydrogen (secondary N) is 2. The van der Waals surface area contributed by atoms with Crippen LogP contribution in [0.2, 0.25) is 5.02 Å². The Hall–Kier alpha value is -2.16. The van der Waals surface area contributed by atoms with Crippen LogP contribution >= 0.6 is 27.5 Å². The molecule has 9 heteroatoms. The normalized spacial score (nSPS) is 14.1. The molecule has 180 valence electrons. The molecule has 0 radical (unpaired) electrons. The molecular weight excluding hydrogens is 510 g/mol. The van der Waals surface area contributed by atoms with Crippen LogP contribution in [0.4, 0.5) is 11.4 Å². The summed E-state index contributed by atoms with van der Waals surface area (Å²) in [6.45, 7) is 9.17. The smallest absolute Gasteiger partial charge is 0.258 e. The van der Waals surface area contributed by atoms with Gasteiger partial charge >= 0.3 is 0 Å². The van der Waals surface area contributed by atoms with Crippen molar-refractivity contribution in [3.8, 4) is 11.5 Å². The number of nitrogens with zero attached hydrogens (tertiary/aromatic N) is 1. The van der Waals surface area contributed by atoms with Crippen molar-refractivity contribution in [1.29, 1.82) is 0 Å². The first kappa shape index (κ1) is 25.5. The highest BCUT2D eigenvalue weighted by molar-refractivity contribution is 9.10. The van der Waals surface area contributed by atoms with Crippen LogP contribution in [-0.4, -0.2) is 51.5 Å². The van der Waals surface area contributed by atoms with Crippen molar-refractivity contribution in [3.63, 3.8) is 0 Å². The van der Waals surface area contributed by atoms with E-state index in [1.54, 1.807) is 13.2 Å². The van der Waals surface area contributed by atoms with Gasteiger partial charge in [-0.05, 0) is 51.1 Å². The summed E-state index contributed by atoms with van der Waals surface area (Å²) in [5, 5.41) is 6.98. The summed E-state index contributed by atoms with van der Waals surface area (Å²) in [6.07, 6.45) is 0. The number of methoxy groups -OCH3 is 1. The summed E-state index contributed by atoms with van der Waals surface area (Å²) in [5.41, 5.74) is 2.38. The van der Waals surface area contributed by atoms with E-state index in [0.29, 0.717) is 36.3 Å². The largest absolute Gasteiger partial charge is 0.493 e. The molecule has 1 fully saturated rings. The second kappa shape index (κ2) is 11.3. The summed E-state index contributed by atoms with van der Waals surface area (Å²) < 4.78 is 17.7. The van der Waals surface area contributed by atoms with Crippen LogP contribution in [0.15, 0.2) is 34.8 Å². The van der Waals surface area contributed by atoms with Crippen LogP contribution in [-0.2, 0) is 16.1 Å². The predicted molar refractivity (Wildman–Crippen MR) is 136 cm³/mol. The van der Waals surface area contributed by atoms with Gasteiger partial charge in [0.1, 0.15) is 0 Å². The minimum atomic E-state index is -0.334. The first-order valence-corrected chi connectivity index (χ1v) is 12.0. The molecule has 0 bridgehead atoms. The zero-order chi connectivity index (χ0) is 24.0. The maximum atomic E-state index is 12.3. The van der Waals surface area contributed by atoms with Gasteiger partial charge in [-0.2, -0.15) is 0 Å². The van der Waals surface area contributed by atoms with Crippen LogP contribution in [0.5, 0.6) is 11.5 Å². The molecule has 0 aliphatic carbocycles. The molecule has 0 atom stereocenters. The minimum absolute atomic E-state index is 0.114. The van der Waals surface area contributed by atoms with Gasteiger partial charge in [0.05, 0.1) is 31.0 Å². The Labute approximate surface area is 208 Å². The zero-order valence-corrected chi connectivity index (χ0v) is 21.8. The minimum Gasteiger partial charge on any atom is -0.493 e. The lowest BCUT2D eigenvalue weighted by molar-refractivity contribution is -0.124. The predicted octanol–water partition coefficient (Wildman–Crippen LogP) is 4.85. The number of halogens is 2. The molecule has 2 N–H and O–H groups in total. The van der Waals surface area contributed by atoms with Crippen LogP contribution in [0.25, 0.3) is 0 Å². The quantitative estimate of drug-likeness (QED) is 0.499. The lowest BCUT2D eigenvalue weighted by Gasteiger charge is -2.29. The van der Waals surface area contributed by atoms with Crippen LogP contribution < -0.4 is 25.0 Å². The molecule has 3 rings (SSSR count). The van der Waals surface area contributed by atoms with Gasteiger partial charge in [0, 0.05) is 40.9 Å². The van der Waals surface area contributed by atoms with Gasteiger partial charge in [-0.15, -0.1) is 0 Å². The van der Waals surface area contributed by atoms with Crippen molar-refractivity contribution in [1.82, 2.24) is 5.32 Å². The Kier molecular flexibility index (Phi) is 8.73. The zero-order valence-electron chi connectivity index (χ0n) is 19.5. The van der Waals surface area contributed by atoms with E-state index in [1.807, 2.05) is 45.0 Å². The summed E-state index contributed by atoms with van der Waals surface area (Å²) in [4.78, 5) is 14.5. The first-order chi connectivity index (χ1) is 15.7. The molecule has 7 nitrogen and oxygen atoms in total. The monoisotopic (exact) mass is 539 g/mol. The number of ether oxygens (including phenoxy) is 3. The van der Waals surface area contributed by atoms with E-state index in [4.69, 9.17) is 25.8 Å². The molecule has 0 aromatic heterocycles. The fourth-order valence-corrected chi connectivity index (χ4v) is 4.28. The third-order valence-electron chi connectivity index (χ3n) is 5.02. The van der Waals surface area contributed by atoms with Crippen molar-refractivity contribution in [2.75, 3.05) is 50.2 Å². The molecule has 2 aromatic carbocycles. The number of carbonyl (C=O) groups is 1. The lowest BCUT2D eigenvalue weighted by Crippen LogP contribution is -2.43. The maximum Gasteiger partial charge on any atom is 0.258 e. The van der Waals surface area contributed by atoms with Gasteiger partial charge in [-0.3, -0.25) is 4.79 Å². The Bertz CT molecular complexity index is 975. The number of carbonyl (C=O) groups excluding carboxylic acids is 1. The number of hydrogen-bond acceptors (Lipinski definition) is 6. The van der Waals surface area contributed by atoms with Crippen LogP contribution in [0, 0.1) is 0 Å². The van der Waals surface area contributed by atoms with Crippen molar-refractivity contribution in [2.45, 2.75) is 32.9 Å². The van der Waals surface area contributed by atoms with Gasteiger partial charge in [0.2, 0.25) is 0 Å². The van der Waals surface area contributed by atoms with E-state index < -0.39 is 0 Å². The van der Waals surface area contributed by atoms with E-state index in [-0.39, 0.29) is 18.1 Å². The maximum absolute atomic E-state index is 12.3. The van der Waals surface area contributed by atoms with Gasteiger partial charge in [0.25, 0.3) is 5.91 Å². The highest BCUT2D eigenvalue weighted by Gasteiger charge is 2.19. The number of hydrogen-bond donors (Lipinski definition) is 2. The Morgan fingerprint density at radius 2 is 1.94 bits per heavy atom. The second-order valence-corrected chi connectivity index (χ2v) is 10.0. The topological polar surface area (TPSA) is 72.1 Å². The number of benzene rings is 2. The van der Waals surface area contributed by atoms with Crippen molar-refractivity contribution in [3.05, 3.63) is 45.4 Å². The number of morpholine rings is 1. The molecule has 0 saturated carbocycles. The Morgan fingerprint density at radius 1 is 1.21 bits per heavy atom. The molecule has 33 heavy (non-hydrogen) atoms. The third-order valence-corrected chi connectivity index (χ3v) is 6.06. The molecule has 0 spiro atoms. The molecule has 1 aliphatic rings. The average Bonchev–Trinajstić information content (AvgIpc) is 2.76. The molecule has 0 unspecified atom stereocenters. The van der Waals surface area contributed by atoms with E-state index in [0.717, 1.165) is 34.5 Å². The van der Waals surface area contributed by atoms with Crippen molar-refractivity contribution in [2.24, 2.45) is 0 Å². The molecule has 1 saturated heterocycles. The number of anilines is 2. The molecule has 1 heterocycles. The van der Waals surface area contributed by atoms with E-state index >= 15 is 0 Å². The molecule has 1 aliphatic heterocycles. The fraction of sp³-hybridized carbons (Fsp3) is 0.458. The Morgan fingerprint density at radius 3 is 2.58 bits per heavy atom. The molecular formula is C24H31BrClN3O4. The number of rotatable bonds is 8. The van der Waals surface area contributed by atoms with E-state index in [9.17, 15) is 4.79 Å². The van der Waals surface area contributed by atoms with Gasteiger partial charge < -0.3 is 29.7 Å². The summed E-state index contributed by atoms with van der Waals surface area (Å²) in [7, 11) is 1.58. The van der Waals surface area contributed by atoms with Crippen LogP contribution in [0.1, 0.15) is 26.3 Å². The fourth-order valence-electron chi connectivity index (χ4n) is 3.53. The summed E-state index contributed by atoms with van der Waals surface area (Å²) >= 11 is 10.2. The van der Waals surface area contributed by atoms with E-state index in [2.05, 4.69) is 31.5 Å². The summed E-state index contributed by atoms with van der Waals surface area (Å²) in [5.74, 6) is 0.868. The second-order valence-electron chi connectivity index (χ2n) is 8.76. The lowest BCUT2D eigenvalue weighted by atomic mass is 10.1. The molecule has 1 amide bonds. The van der Waals surface area contributed by atoms with Gasteiger partial charge in [-0.25, -0.2) is 0 Å². The standard InChI is InChI=1S/C24H31BrClN3O4/c1-24(2,3)28-22(30)15-33-23-17(18(25)6-8-21(23)31-4)14-27-16-5-7-20(19(26)13-16)29-9-11-32-12-10-29/h5-8,13,27H,9-12,14-15H2,1-4H3,(H,28,30). The van der Waals surface area contributed by atoms with Crippen molar-refractivity contribution >= 4 is 44.8 Å². The average molecular weight is 541 g/mol. The highest BCUT2D eigenvalue weighted by Crippen LogP contribution is 2.37. The van der Waals surface area contributed by atoms with Gasteiger partial charge in [-0.1, -0.05) is 27.5 Å². The van der Waals surface area contributed by atoms with Crippen LogP contribution in [0.3, 0.4) is 0 Å². The van der Waals surface area contributed by atoms with E-state index in [1.165, 1.54) is 0 Å². The summed E-state index contributed by atoms with van der Waals surface area (Å²) in [6, 6.07) is 9.63. The SMILES string of the molecule is COc1ccc(Br)c(CNc2ccc(N3CCOCC3)c(Cl)c2)c1OCC(=O)NC(C)(C)C. The highest BCUT2D eigenvalue weighted by atomic mass is 79.9. The Balaban J connectivity index is 1.73. The number of amides is 1. The van der Waals surface area contributed by atoms with Crippen molar-refractivity contribution < 1.29 is 19.0 Å². The molecule has 2 aromatic rings. The first-order valence-electron chi connectivity index (χ1n) is 10.8.